The normalized spacial score (nSPS) is 15.3. The smallest absolute Gasteiger partial charge is 0.222 e. The number of nitrogens with one attached hydrogen (secondary N) is 2. The number of aromatic nitrogens is 4. The lowest BCUT2D eigenvalue weighted by molar-refractivity contribution is -0.114. The summed E-state index contributed by atoms with van der Waals surface area (Å²) in [6.07, 6.45) is 13.7. The first-order valence-electron chi connectivity index (χ1n) is 23.5. The molecule has 0 bridgehead atoms. The van der Waals surface area contributed by atoms with Crippen LogP contribution in [0.2, 0.25) is 0 Å². The van der Waals surface area contributed by atoms with Crippen LogP contribution in [0.1, 0.15) is 133 Å². The second-order valence-corrected chi connectivity index (χ2v) is 18.7. The minimum absolute atomic E-state index is 0.162. The van der Waals surface area contributed by atoms with Crippen LogP contribution in [0.5, 0.6) is 0 Å². The highest BCUT2D eigenvalue weighted by molar-refractivity contribution is 7.32. The zero-order chi connectivity index (χ0) is 47.0. The van der Waals surface area contributed by atoms with Gasteiger partial charge in [-0.05, 0) is 98.2 Å². The number of amides is 1. The predicted octanol–water partition coefficient (Wildman–Crippen LogP) is 13.0. The second kappa shape index (κ2) is 27.9. The Labute approximate surface area is 392 Å². The number of unbranched alkanes of at least 4 members (excludes halogenated alkanes) is 1. The molecule has 2 aromatic heterocycles. The maximum atomic E-state index is 11.7. The molecule has 1 fully saturated rings. The molecule has 65 heavy (non-hydrogen) atoms. The zero-order valence-corrected chi connectivity index (χ0v) is 41.5. The molecule has 1 saturated carbocycles. The van der Waals surface area contributed by atoms with Crippen LogP contribution in [0, 0.1) is 24.2 Å². The van der Waals surface area contributed by atoms with Gasteiger partial charge in [0.1, 0.15) is 6.33 Å². The Hall–Kier alpha value is -5.26. The highest BCUT2D eigenvalue weighted by Crippen LogP contribution is 2.47. The maximum absolute atomic E-state index is 11.7. The number of hydrogen-bond donors (Lipinski definition) is 2. The molecule has 1 amide bonds. The summed E-state index contributed by atoms with van der Waals surface area (Å²) in [7, 11) is 2.26. The van der Waals surface area contributed by atoms with Gasteiger partial charge in [0.05, 0.1) is 12.4 Å². The van der Waals surface area contributed by atoms with Crippen LogP contribution in [-0.4, -0.2) is 50.8 Å². The lowest BCUT2D eigenvalue weighted by Gasteiger charge is -2.37. The van der Waals surface area contributed by atoms with E-state index in [9.17, 15) is 4.79 Å². The quantitative estimate of drug-likeness (QED) is 0.0564. The average molecular weight is 896 g/mol. The number of nitriles is 1. The van der Waals surface area contributed by atoms with E-state index in [2.05, 4.69) is 188 Å². The van der Waals surface area contributed by atoms with Crippen molar-refractivity contribution in [3.63, 3.8) is 0 Å². The summed E-state index contributed by atoms with van der Waals surface area (Å²) in [5.41, 5.74) is 9.29. The van der Waals surface area contributed by atoms with Gasteiger partial charge in [0, 0.05) is 52.8 Å². The number of aryl methyl sites for hydroxylation is 3. The molecule has 7 rings (SSSR count). The fourth-order valence-corrected chi connectivity index (χ4v) is 9.13. The minimum Gasteiger partial charge on any atom is -0.366 e. The van der Waals surface area contributed by atoms with Crippen molar-refractivity contribution in [2.75, 3.05) is 18.6 Å². The SMILES string of the molecule is CC(C)NC(C)C.CCc1ccc(C(CCC2CCC(n3cnc4c(NC(C)=O)ncnc43)C2)(c2ccccc2)c2ccc(C)cc2)cc1.CCc1ccccc1.COPCCCC#N. The van der Waals surface area contributed by atoms with Crippen molar-refractivity contribution in [1.82, 2.24) is 24.8 Å². The third-order valence-electron chi connectivity index (χ3n) is 11.8. The molecular formula is C55H74N7O2P. The number of anilines is 1. The molecule has 2 heterocycles. The number of imidazole rings is 1. The van der Waals surface area contributed by atoms with Gasteiger partial charge in [-0.1, -0.05) is 156 Å². The highest BCUT2D eigenvalue weighted by Gasteiger charge is 2.38. The molecule has 0 radical (unpaired) electrons. The molecule has 4 atom stereocenters. The Balaban J connectivity index is 0.000000328. The van der Waals surface area contributed by atoms with Crippen molar-refractivity contribution in [3.05, 3.63) is 155 Å². The first-order valence-corrected chi connectivity index (χ1v) is 24.7. The van der Waals surface area contributed by atoms with Gasteiger partial charge >= 0.3 is 0 Å². The number of fused-ring (bicyclic) bond motifs is 1. The molecule has 346 valence electrons. The van der Waals surface area contributed by atoms with E-state index in [1.165, 1.54) is 53.1 Å². The number of hydrogen-bond acceptors (Lipinski definition) is 7. The Morgan fingerprint density at radius 3 is 1.95 bits per heavy atom. The van der Waals surface area contributed by atoms with E-state index < -0.39 is 0 Å². The standard InChI is InChI=1S/C36H39N5O.C8H10.C6H15N.C5H10NOP/c1-4-27-12-17-31(18-13-27)36(29-8-6-5-7-9-29,30-15-10-25(2)11-16-30)21-20-28-14-19-32(22-28)41-24-39-33-34(40-26(3)42)37-23-38-35(33)41;1-2-8-6-4-3-5-7-8;1-5(2)7-6(3)4;1-7-8-5-3-2-4-6/h5-13,15-18,23-24,28,32H,4,14,19-22H2,1-3H3,(H,37,38,40,42);3-7H,2H2,1H3;5-7H,1-4H3;8H,2-3,5H2,1H3. The lowest BCUT2D eigenvalue weighted by atomic mass is 9.65. The molecule has 4 unspecified atom stereocenters. The summed E-state index contributed by atoms with van der Waals surface area (Å²) in [5.74, 6) is 0.901. The van der Waals surface area contributed by atoms with Crippen molar-refractivity contribution >= 4 is 31.7 Å². The van der Waals surface area contributed by atoms with Gasteiger partial charge in [0.25, 0.3) is 0 Å². The van der Waals surface area contributed by atoms with Crippen LogP contribution in [0.3, 0.4) is 0 Å². The molecule has 10 heteroatoms. The molecule has 0 spiro atoms. The van der Waals surface area contributed by atoms with E-state index in [0.29, 0.717) is 50.6 Å². The molecule has 1 aliphatic rings. The molecule has 2 N–H and O–H groups in total. The summed E-state index contributed by atoms with van der Waals surface area (Å²) in [5, 5.41) is 14.2. The fourth-order valence-electron chi connectivity index (χ4n) is 8.60. The maximum Gasteiger partial charge on any atom is 0.222 e. The van der Waals surface area contributed by atoms with E-state index >= 15 is 0 Å². The lowest BCUT2D eigenvalue weighted by Crippen LogP contribution is -2.30. The van der Waals surface area contributed by atoms with E-state index in [-0.39, 0.29) is 11.3 Å². The van der Waals surface area contributed by atoms with E-state index in [0.717, 1.165) is 56.8 Å². The molecule has 0 aliphatic heterocycles. The monoisotopic (exact) mass is 896 g/mol. The van der Waals surface area contributed by atoms with E-state index in [4.69, 9.17) is 9.79 Å². The Morgan fingerprint density at radius 2 is 1.42 bits per heavy atom. The van der Waals surface area contributed by atoms with Crippen molar-refractivity contribution in [2.24, 2.45) is 5.92 Å². The Bertz CT molecular complexity index is 2290. The minimum atomic E-state index is -0.235. The molecule has 4 aromatic carbocycles. The first-order chi connectivity index (χ1) is 31.4. The van der Waals surface area contributed by atoms with Crippen molar-refractivity contribution < 1.29 is 9.32 Å². The summed E-state index contributed by atoms with van der Waals surface area (Å²) < 4.78 is 7.00. The molecule has 1 aliphatic carbocycles. The second-order valence-electron chi connectivity index (χ2n) is 17.5. The molecule has 9 nitrogen and oxygen atoms in total. The molecular weight excluding hydrogens is 822 g/mol. The van der Waals surface area contributed by atoms with Crippen molar-refractivity contribution in [2.45, 2.75) is 137 Å². The van der Waals surface area contributed by atoms with Crippen LogP contribution in [0.25, 0.3) is 11.2 Å². The third kappa shape index (κ3) is 16.3. The van der Waals surface area contributed by atoms with Crippen LogP contribution in [0.15, 0.2) is 122 Å². The first kappa shape index (κ1) is 52.4. The van der Waals surface area contributed by atoms with Gasteiger partial charge in [-0.15, -0.1) is 0 Å². The van der Waals surface area contributed by atoms with Gasteiger partial charge in [0.15, 0.2) is 17.0 Å². The van der Waals surface area contributed by atoms with Gasteiger partial charge < -0.3 is 19.7 Å². The summed E-state index contributed by atoms with van der Waals surface area (Å²) >= 11 is 0. The Morgan fingerprint density at radius 1 is 0.831 bits per heavy atom. The predicted molar refractivity (Wildman–Crippen MR) is 273 cm³/mol. The van der Waals surface area contributed by atoms with Gasteiger partial charge in [-0.2, -0.15) is 5.26 Å². The number of rotatable bonds is 16. The summed E-state index contributed by atoms with van der Waals surface area (Å²) in [6, 6.07) is 43.6. The molecule has 6 aromatic rings. The number of carbonyl (C=O) groups is 1. The third-order valence-corrected chi connectivity index (χ3v) is 12.6. The van der Waals surface area contributed by atoms with Crippen LogP contribution < -0.4 is 10.6 Å². The van der Waals surface area contributed by atoms with Crippen LogP contribution in [-0.2, 0) is 27.6 Å². The summed E-state index contributed by atoms with van der Waals surface area (Å²) in [6.45, 7) is 16.6. The largest absolute Gasteiger partial charge is 0.366 e. The topological polar surface area (TPSA) is 118 Å². The van der Waals surface area contributed by atoms with Crippen LogP contribution >= 0.6 is 8.81 Å². The number of carbonyl (C=O) groups excluding carboxylic acids is 1. The van der Waals surface area contributed by atoms with Gasteiger partial charge in [-0.3, -0.25) is 4.79 Å². The fraction of sp³-hybridized carbons (Fsp3) is 0.436. The van der Waals surface area contributed by atoms with Crippen molar-refractivity contribution in [3.8, 4) is 6.07 Å². The van der Waals surface area contributed by atoms with E-state index in [1.807, 2.05) is 12.4 Å². The molecule has 0 saturated heterocycles. The van der Waals surface area contributed by atoms with Gasteiger partial charge in [0.2, 0.25) is 5.91 Å². The number of benzene rings is 4. The highest BCUT2D eigenvalue weighted by atomic mass is 31.1. The average Bonchev–Trinajstić information content (AvgIpc) is 3.98. The van der Waals surface area contributed by atoms with E-state index in [1.54, 1.807) is 7.11 Å². The van der Waals surface area contributed by atoms with Crippen molar-refractivity contribution in [1.29, 1.82) is 5.26 Å². The van der Waals surface area contributed by atoms with Gasteiger partial charge in [-0.25, -0.2) is 15.0 Å². The Kier molecular flexibility index (Phi) is 22.5. The summed E-state index contributed by atoms with van der Waals surface area (Å²) in [4.78, 5) is 25.0. The zero-order valence-electron chi connectivity index (χ0n) is 40.5. The number of nitrogens with zero attached hydrogens (tertiary/aromatic N) is 5. The van der Waals surface area contributed by atoms with Crippen LogP contribution in [0.4, 0.5) is 5.82 Å².